The maximum Gasteiger partial charge on any atom is 0.255 e. The lowest BCUT2D eigenvalue weighted by molar-refractivity contribution is -0.136. The lowest BCUT2D eigenvalue weighted by Crippen LogP contribution is -2.55. The molecule has 0 saturated carbocycles. The van der Waals surface area contributed by atoms with E-state index in [0.717, 1.165) is 35.6 Å². The molecule has 8 heteroatoms. The summed E-state index contributed by atoms with van der Waals surface area (Å²) in [4.78, 5) is 40.7. The Morgan fingerprint density at radius 3 is 2.55 bits per heavy atom. The second-order valence-corrected chi connectivity index (χ2v) is 8.42. The van der Waals surface area contributed by atoms with Gasteiger partial charge in [-0.25, -0.2) is 0 Å². The van der Waals surface area contributed by atoms with Gasteiger partial charge < -0.3 is 20.9 Å². The number of benzene rings is 2. The van der Waals surface area contributed by atoms with Gasteiger partial charge in [-0.15, -0.1) is 0 Å². The maximum atomic E-state index is 13.2. The van der Waals surface area contributed by atoms with E-state index < -0.39 is 6.04 Å². The molecule has 0 radical (unpaired) electrons. The number of carbonyl (C=O) groups is 3. The molecule has 5 rings (SSSR count). The van der Waals surface area contributed by atoms with E-state index >= 15 is 0 Å². The Labute approximate surface area is 180 Å². The highest BCUT2D eigenvalue weighted by molar-refractivity contribution is 6.06. The molecule has 4 N–H and O–H groups in total. The summed E-state index contributed by atoms with van der Waals surface area (Å²) in [5, 5.41) is 5.74. The van der Waals surface area contributed by atoms with Crippen LogP contribution in [0, 0.1) is 0 Å². The van der Waals surface area contributed by atoms with E-state index in [1.165, 1.54) is 0 Å². The maximum absolute atomic E-state index is 13.2. The Morgan fingerprint density at radius 2 is 1.84 bits per heavy atom. The van der Waals surface area contributed by atoms with Crippen LogP contribution in [0.25, 0.3) is 0 Å². The number of piperidine rings is 1. The van der Waals surface area contributed by atoms with Crippen molar-refractivity contribution in [3.05, 3.63) is 59.2 Å². The average Bonchev–Trinajstić information content (AvgIpc) is 3.07. The first kappa shape index (κ1) is 19.6. The van der Waals surface area contributed by atoms with Gasteiger partial charge in [0.15, 0.2) is 0 Å². The summed E-state index contributed by atoms with van der Waals surface area (Å²) in [5.74, 6) is -0.815. The minimum Gasteiger partial charge on any atom is -0.381 e. The van der Waals surface area contributed by atoms with Crippen LogP contribution in [0.2, 0.25) is 0 Å². The van der Waals surface area contributed by atoms with Crippen LogP contribution in [-0.4, -0.2) is 47.8 Å². The third kappa shape index (κ3) is 3.63. The van der Waals surface area contributed by atoms with Gasteiger partial charge in [0.2, 0.25) is 11.8 Å². The summed E-state index contributed by atoms with van der Waals surface area (Å²) in [6.07, 6.45) is 0.622. The SMILES string of the molecule is NC1CN(c2ccc(NCc3cccc4c3C(=O)N(C3CCC(=O)NC3=O)C4)cc2)C1. The third-order valence-electron chi connectivity index (χ3n) is 6.26. The number of hydrogen-bond acceptors (Lipinski definition) is 6. The van der Waals surface area contributed by atoms with Crippen LogP contribution >= 0.6 is 0 Å². The average molecular weight is 419 g/mol. The number of nitrogens with zero attached hydrogens (tertiary/aromatic N) is 2. The largest absolute Gasteiger partial charge is 0.381 e. The van der Waals surface area contributed by atoms with E-state index in [0.29, 0.717) is 25.1 Å². The van der Waals surface area contributed by atoms with E-state index in [1.807, 2.05) is 30.3 Å². The predicted molar refractivity (Wildman–Crippen MR) is 116 cm³/mol. The van der Waals surface area contributed by atoms with Crippen molar-refractivity contribution in [1.82, 2.24) is 10.2 Å². The first-order valence-electron chi connectivity index (χ1n) is 10.6. The fourth-order valence-corrected chi connectivity index (χ4v) is 4.55. The van der Waals surface area contributed by atoms with Crippen molar-refractivity contribution in [3.63, 3.8) is 0 Å². The molecule has 2 aromatic carbocycles. The van der Waals surface area contributed by atoms with Gasteiger partial charge in [0.05, 0.1) is 0 Å². The zero-order valence-corrected chi connectivity index (χ0v) is 17.1. The fraction of sp³-hybridized carbons (Fsp3) is 0.348. The van der Waals surface area contributed by atoms with Crippen LogP contribution in [0.15, 0.2) is 42.5 Å². The van der Waals surface area contributed by atoms with Crippen molar-refractivity contribution < 1.29 is 14.4 Å². The number of amides is 3. The fourth-order valence-electron chi connectivity index (χ4n) is 4.55. The minimum absolute atomic E-state index is 0.147. The smallest absolute Gasteiger partial charge is 0.255 e. The number of rotatable bonds is 5. The van der Waals surface area contributed by atoms with E-state index in [2.05, 4.69) is 27.7 Å². The molecule has 31 heavy (non-hydrogen) atoms. The number of fused-ring (bicyclic) bond motifs is 1. The van der Waals surface area contributed by atoms with Gasteiger partial charge in [0.25, 0.3) is 5.91 Å². The van der Waals surface area contributed by atoms with Gasteiger partial charge in [-0.05, 0) is 41.8 Å². The lowest BCUT2D eigenvalue weighted by Gasteiger charge is -2.38. The third-order valence-corrected chi connectivity index (χ3v) is 6.26. The minimum atomic E-state index is -0.597. The summed E-state index contributed by atoms with van der Waals surface area (Å²) in [5.41, 5.74) is 10.5. The molecule has 0 bridgehead atoms. The van der Waals surface area contributed by atoms with Gasteiger partial charge in [0, 0.05) is 55.6 Å². The summed E-state index contributed by atoms with van der Waals surface area (Å²) >= 11 is 0. The summed E-state index contributed by atoms with van der Waals surface area (Å²) in [7, 11) is 0. The van der Waals surface area contributed by atoms with E-state index in [-0.39, 0.29) is 30.2 Å². The van der Waals surface area contributed by atoms with Crippen LogP contribution < -0.4 is 21.3 Å². The zero-order valence-electron chi connectivity index (χ0n) is 17.1. The first-order valence-corrected chi connectivity index (χ1v) is 10.6. The van der Waals surface area contributed by atoms with Crippen molar-refractivity contribution >= 4 is 29.1 Å². The highest BCUT2D eigenvalue weighted by atomic mass is 16.2. The molecule has 8 nitrogen and oxygen atoms in total. The molecule has 160 valence electrons. The molecule has 0 spiro atoms. The Kier molecular flexibility index (Phi) is 4.86. The Balaban J connectivity index is 1.28. The van der Waals surface area contributed by atoms with Crippen molar-refractivity contribution in [2.24, 2.45) is 5.73 Å². The molecule has 3 amide bonds. The molecule has 3 aliphatic heterocycles. The van der Waals surface area contributed by atoms with E-state index in [4.69, 9.17) is 5.73 Å². The molecule has 2 aromatic rings. The molecule has 2 fully saturated rings. The summed E-state index contributed by atoms with van der Waals surface area (Å²) in [6.45, 7) is 2.66. The van der Waals surface area contributed by atoms with Crippen molar-refractivity contribution in [2.45, 2.75) is 38.0 Å². The van der Waals surface area contributed by atoms with Crippen molar-refractivity contribution in [2.75, 3.05) is 23.3 Å². The van der Waals surface area contributed by atoms with Crippen LogP contribution in [0.4, 0.5) is 11.4 Å². The number of nitrogens with one attached hydrogen (secondary N) is 2. The summed E-state index contributed by atoms with van der Waals surface area (Å²) < 4.78 is 0. The van der Waals surface area contributed by atoms with E-state index in [1.54, 1.807) is 4.90 Å². The van der Waals surface area contributed by atoms with Gasteiger partial charge in [-0.3, -0.25) is 19.7 Å². The second-order valence-electron chi connectivity index (χ2n) is 8.42. The molecule has 1 unspecified atom stereocenters. The first-order chi connectivity index (χ1) is 15.0. The Bertz CT molecular complexity index is 1050. The van der Waals surface area contributed by atoms with Crippen molar-refractivity contribution in [1.29, 1.82) is 0 Å². The molecule has 1 atom stereocenters. The molecule has 2 saturated heterocycles. The van der Waals surface area contributed by atoms with Gasteiger partial charge in [0.1, 0.15) is 6.04 Å². The van der Waals surface area contributed by atoms with Crippen molar-refractivity contribution in [3.8, 4) is 0 Å². The predicted octanol–water partition coefficient (Wildman–Crippen LogP) is 1.21. The molecular weight excluding hydrogens is 394 g/mol. The number of anilines is 2. The number of nitrogens with two attached hydrogens (primary N) is 1. The van der Waals surface area contributed by atoms with Crippen LogP contribution in [0.1, 0.15) is 34.3 Å². The molecule has 3 heterocycles. The van der Waals surface area contributed by atoms with E-state index in [9.17, 15) is 14.4 Å². The lowest BCUT2D eigenvalue weighted by atomic mass is 10.0. The van der Waals surface area contributed by atoms with Crippen LogP contribution in [0.5, 0.6) is 0 Å². The molecule has 0 aliphatic carbocycles. The zero-order chi connectivity index (χ0) is 21.5. The number of imide groups is 1. The standard InChI is InChI=1S/C23H25N5O3/c24-16-12-27(13-16)18-6-4-17(5-7-18)25-10-14-2-1-3-15-11-28(23(31)21(14)15)19-8-9-20(29)26-22(19)30/h1-7,16,19,25H,8-13,24H2,(H,26,29,30). The normalized spacial score (nSPS) is 21.1. The quantitative estimate of drug-likeness (QED) is 0.629. The number of carbonyl (C=O) groups excluding carboxylic acids is 3. The molecular formula is C23H25N5O3. The highest BCUT2D eigenvalue weighted by Crippen LogP contribution is 2.30. The second kappa shape index (κ2) is 7.70. The highest BCUT2D eigenvalue weighted by Gasteiger charge is 2.39. The van der Waals surface area contributed by atoms with Crippen LogP contribution in [0.3, 0.4) is 0 Å². The van der Waals surface area contributed by atoms with Gasteiger partial charge in [-0.2, -0.15) is 0 Å². The molecule has 3 aliphatic rings. The number of hydrogen-bond donors (Lipinski definition) is 3. The monoisotopic (exact) mass is 419 g/mol. The van der Waals surface area contributed by atoms with Crippen LogP contribution in [-0.2, 0) is 22.7 Å². The summed E-state index contributed by atoms with van der Waals surface area (Å²) in [6, 6.07) is 13.7. The van der Waals surface area contributed by atoms with Gasteiger partial charge in [-0.1, -0.05) is 18.2 Å². The topological polar surface area (TPSA) is 108 Å². The molecule has 0 aromatic heterocycles. The van der Waals surface area contributed by atoms with Gasteiger partial charge >= 0.3 is 0 Å². The Hall–Kier alpha value is -3.39. The Morgan fingerprint density at radius 1 is 1.06 bits per heavy atom.